The molecule has 0 saturated heterocycles. The summed E-state index contributed by atoms with van der Waals surface area (Å²) in [6, 6.07) is 4.41. The van der Waals surface area contributed by atoms with Crippen molar-refractivity contribution in [3.63, 3.8) is 0 Å². The maximum Gasteiger partial charge on any atom is 0.333 e. The van der Waals surface area contributed by atoms with Gasteiger partial charge in [0, 0.05) is 25.8 Å². The van der Waals surface area contributed by atoms with Gasteiger partial charge in [-0.25, -0.2) is 4.79 Å². The first kappa shape index (κ1) is 26.3. The second-order valence-electron chi connectivity index (χ2n) is 8.65. The molecule has 1 aliphatic heterocycles. The smallest absolute Gasteiger partial charge is 0.333 e. The van der Waals surface area contributed by atoms with Gasteiger partial charge in [0.25, 0.3) is 11.8 Å². The zero-order valence-corrected chi connectivity index (χ0v) is 20.8. The Hall–Kier alpha value is -3.33. The van der Waals surface area contributed by atoms with E-state index in [0.29, 0.717) is 12.8 Å². The normalized spacial score (nSPS) is 21.6. The molecule has 0 saturated carbocycles. The first-order valence-electron chi connectivity index (χ1n) is 12.0. The highest BCUT2D eigenvalue weighted by Gasteiger charge is 2.51. The lowest BCUT2D eigenvalue weighted by atomic mass is 9.85. The summed E-state index contributed by atoms with van der Waals surface area (Å²) < 4.78 is 11.5. The molecule has 1 aromatic carbocycles. The maximum absolute atomic E-state index is 13.4. The van der Waals surface area contributed by atoms with E-state index in [4.69, 9.17) is 9.47 Å². The highest BCUT2D eigenvalue weighted by atomic mass is 16.5. The monoisotopic (exact) mass is 484 g/mol. The maximum atomic E-state index is 13.4. The molecule has 3 rings (SSSR count). The van der Waals surface area contributed by atoms with Crippen molar-refractivity contribution in [2.45, 2.75) is 78.2 Å². The number of carbonyl (C=O) groups is 5. The van der Waals surface area contributed by atoms with Gasteiger partial charge in [-0.15, -0.1) is 0 Å². The average Bonchev–Trinajstić information content (AvgIpc) is 3.08. The summed E-state index contributed by atoms with van der Waals surface area (Å²) in [5, 5.41) is 0. The van der Waals surface area contributed by atoms with Crippen molar-refractivity contribution in [3.8, 4) is 0 Å². The number of amides is 4. The van der Waals surface area contributed by atoms with Crippen LogP contribution in [0, 0.1) is 0 Å². The Morgan fingerprint density at radius 1 is 1.00 bits per heavy atom. The Balaban J connectivity index is 2.18. The van der Waals surface area contributed by atoms with Gasteiger partial charge in [0.1, 0.15) is 0 Å². The number of nitrogens with zero attached hydrogens (tertiary/aromatic N) is 2. The van der Waals surface area contributed by atoms with Crippen LogP contribution in [-0.4, -0.2) is 70.3 Å². The average molecular weight is 485 g/mol. The predicted molar refractivity (Wildman–Crippen MR) is 126 cm³/mol. The fraction of sp³-hybridized carbons (Fsp3) is 0.500. The van der Waals surface area contributed by atoms with Crippen LogP contribution in [0.5, 0.6) is 0 Å². The molecule has 2 aliphatic rings. The zero-order valence-electron chi connectivity index (χ0n) is 20.8. The molecule has 1 aromatic rings. The molecule has 3 atom stereocenters. The molecule has 0 N–H and O–H groups in total. The van der Waals surface area contributed by atoms with Crippen molar-refractivity contribution in [2.24, 2.45) is 0 Å². The highest BCUT2D eigenvalue weighted by molar-refractivity contribution is 6.21. The third-order valence-electron chi connectivity index (χ3n) is 6.46. The highest BCUT2D eigenvalue weighted by Crippen LogP contribution is 2.36. The Bertz CT molecular complexity index is 1010. The minimum atomic E-state index is -1.01. The number of ether oxygens (including phenoxy) is 2. The molecule has 0 aromatic heterocycles. The number of rotatable bonds is 8. The SMILES string of the molecule is CCOC(=O)C1=C[C@@H](OC(CC)CC)[C@H](N(C(C)=O)C(C)=O)[C@@H](N2C(=O)c3ccccc3C2=O)C1. The molecule has 0 fully saturated rings. The van der Waals surface area contributed by atoms with Crippen molar-refractivity contribution in [2.75, 3.05) is 6.61 Å². The summed E-state index contributed by atoms with van der Waals surface area (Å²) in [7, 11) is 0. The molecular formula is C26H32N2O7. The molecule has 35 heavy (non-hydrogen) atoms. The largest absolute Gasteiger partial charge is 0.463 e. The molecule has 1 aliphatic carbocycles. The number of hydrogen-bond acceptors (Lipinski definition) is 7. The topological polar surface area (TPSA) is 110 Å². The lowest BCUT2D eigenvalue weighted by Gasteiger charge is -2.45. The van der Waals surface area contributed by atoms with Crippen LogP contribution in [0.4, 0.5) is 0 Å². The van der Waals surface area contributed by atoms with Crippen LogP contribution < -0.4 is 0 Å². The van der Waals surface area contributed by atoms with Gasteiger partial charge < -0.3 is 9.47 Å². The summed E-state index contributed by atoms with van der Waals surface area (Å²) >= 11 is 0. The number of imide groups is 2. The first-order chi connectivity index (χ1) is 16.7. The molecule has 0 radical (unpaired) electrons. The number of hydrogen-bond donors (Lipinski definition) is 0. The van der Waals surface area contributed by atoms with Crippen LogP contribution in [0.15, 0.2) is 35.9 Å². The first-order valence-corrected chi connectivity index (χ1v) is 12.0. The zero-order chi connectivity index (χ0) is 25.9. The molecule has 9 heteroatoms. The van der Waals surface area contributed by atoms with E-state index in [1.54, 1.807) is 37.3 Å². The predicted octanol–water partition coefficient (Wildman–Crippen LogP) is 2.88. The van der Waals surface area contributed by atoms with E-state index < -0.39 is 47.8 Å². The van der Waals surface area contributed by atoms with Crippen LogP contribution >= 0.6 is 0 Å². The molecule has 188 valence electrons. The quantitative estimate of drug-likeness (QED) is 0.412. The van der Waals surface area contributed by atoms with E-state index in [-0.39, 0.29) is 35.8 Å². The lowest BCUT2D eigenvalue weighted by Crippen LogP contribution is -2.63. The van der Waals surface area contributed by atoms with Gasteiger partial charge in [0.2, 0.25) is 11.8 Å². The van der Waals surface area contributed by atoms with Crippen molar-refractivity contribution >= 4 is 29.6 Å². The minimum Gasteiger partial charge on any atom is -0.463 e. The van der Waals surface area contributed by atoms with Crippen molar-refractivity contribution in [1.29, 1.82) is 0 Å². The van der Waals surface area contributed by atoms with Gasteiger partial charge in [-0.05, 0) is 38.0 Å². The van der Waals surface area contributed by atoms with Crippen LogP contribution in [0.3, 0.4) is 0 Å². The van der Waals surface area contributed by atoms with Gasteiger partial charge in [-0.2, -0.15) is 0 Å². The number of benzene rings is 1. The third-order valence-corrected chi connectivity index (χ3v) is 6.46. The van der Waals surface area contributed by atoms with E-state index in [1.807, 2.05) is 13.8 Å². The van der Waals surface area contributed by atoms with Gasteiger partial charge in [-0.1, -0.05) is 26.0 Å². The number of fused-ring (bicyclic) bond motifs is 1. The lowest BCUT2D eigenvalue weighted by molar-refractivity contribution is -0.152. The van der Waals surface area contributed by atoms with Gasteiger partial charge >= 0.3 is 5.97 Å². The fourth-order valence-electron chi connectivity index (χ4n) is 4.84. The third kappa shape index (κ3) is 5.05. The van der Waals surface area contributed by atoms with E-state index in [0.717, 1.165) is 9.80 Å². The van der Waals surface area contributed by atoms with Gasteiger partial charge in [0.15, 0.2) is 0 Å². The fourth-order valence-corrected chi connectivity index (χ4v) is 4.84. The van der Waals surface area contributed by atoms with Crippen LogP contribution in [-0.2, 0) is 23.9 Å². The Morgan fingerprint density at radius 2 is 1.54 bits per heavy atom. The molecule has 9 nitrogen and oxygen atoms in total. The summed E-state index contributed by atoms with van der Waals surface area (Å²) in [5.41, 5.74) is 0.698. The van der Waals surface area contributed by atoms with Crippen LogP contribution in [0.2, 0.25) is 0 Å². The van der Waals surface area contributed by atoms with Crippen molar-refractivity contribution in [3.05, 3.63) is 47.0 Å². The Kier molecular flexibility index (Phi) is 8.22. The molecule has 0 bridgehead atoms. The Labute approximate surface area is 205 Å². The van der Waals surface area contributed by atoms with Crippen LogP contribution in [0.25, 0.3) is 0 Å². The Morgan fingerprint density at radius 3 is 2.00 bits per heavy atom. The second kappa shape index (κ2) is 10.9. The van der Waals surface area contributed by atoms with E-state index >= 15 is 0 Å². The molecule has 0 spiro atoms. The van der Waals surface area contributed by atoms with E-state index in [9.17, 15) is 24.0 Å². The van der Waals surface area contributed by atoms with Crippen LogP contribution in [0.1, 0.15) is 74.6 Å². The summed E-state index contributed by atoms with van der Waals surface area (Å²) in [6.07, 6.45) is 1.64. The number of esters is 1. The van der Waals surface area contributed by atoms with Gasteiger partial charge in [0.05, 0.1) is 42.0 Å². The van der Waals surface area contributed by atoms with Gasteiger partial charge in [-0.3, -0.25) is 29.0 Å². The summed E-state index contributed by atoms with van der Waals surface area (Å²) in [6.45, 7) is 8.20. The standard InChI is InChI=1S/C26H32N2O7/c1-6-18(7-2)35-22-14-17(26(33)34-8-3)13-21(23(22)27(15(4)29)16(5)30)28-24(31)19-11-9-10-12-20(19)25(28)32/h9-12,14,18,21-23H,6-8,13H2,1-5H3/t21-,22+,23+/m0/s1. The minimum absolute atomic E-state index is 0.0746. The second-order valence-corrected chi connectivity index (χ2v) is 8.65. The number of carbonyl (C=O) groups excluding carboxylic acids is 5. The summed E-state index contributed by atoms with van der Waals surface area (Å²) in [4.78, 5) is 67.0. The molecular weight excluding hydrogens is 452 g/mol. The molecule has 0 unspecified atom stereocenters. The van der Waals surface area contributed by atoms with Crippen molar-refractivity contribution in [1.82, 2.24) is 9.80 Å². The summed E-state index contributed by atoms with van der Waals surface area (Å²) in [5.74, 6) is -2.77. The molecule has 4 amide bonds. The van der Waals surface area contributed by atoms with E-state index in [1.165, 1.54) is 13.8 Å². The molecule has 1 heterocycles. The van der Waals surface area contributed by atoms with Crippen molar-refractivity contribution < 1.29 is 33.4 Å². The van der Waals surface area contributed by atoms with E-state index in [2.05, 4.69) is 0 Å².